The van der Waals surface area contributed by atoms with Crippen LogP contribution < -0.4 is 0 Å². The third kappa shape index (κ3) is 0.913. The second-order valence-corrected chi connectivity index (χ2v) is 2.07. The number of aliphatic hydroxyl groups excluding tert-OH is 1. The number of rotatable bonds is 2. The summed E-state index contributed by atoms with van der Waals surface area (Å²) in [5, 5.41) is 17.2. The van der Waals surface area contributed by atoms with Crippen LogP contribution in [0.2, 0.25) is 0 Å². The van der Waals surface area contributed by atoms with Gasteiger partial charge in [-0.15, -0.1) is 0 Å². The van der Waals surface area contributed by atoms with Crippen molar-refractivity contribution in [3.8, 4) is 0 Å². The van der Waals surface area contributed by atoms with Gasteiger partial charge in [0.1, 0.15) is 0 Å². The molecule has 0 spiro atoms. The van der Waals surface area contributed by atoms with Gasteiger partial charge in [-0.2, -0.15) is 0 Å². The molecule has 0 fully saturated rings. The van der Waals surface area contributed by atoms with Crippen LogP contribution in [0.1, 0.15) is 0 Å². The monoisotopic (exact) mass is 144 g/mol. The molecule has 2 N–H and O–H groups in total. The molecule has 0 saturated heterocycles. The molecule has 0 aromatic heterocycles. The van der Waals surface area contributed by atoms with Gasteiger partial charge in [-0.05, 0) is 6.08 Å². The Balaban J connectivity index is 2.78. The van der Waals surface area contributed by atoms with Crippen molar-refractivity contribution >= 4 is 5.97 Å². The second kappa shape index (κ2) is 2.40. The van der Waals surface area contributed by atoms with Crippen molar-refractivity contribution in [2.45, 2.75) is 5.60 Å². The van der Waals surface area contributed by atoms with Crippen molar-refractivity contribution in [2.75, 3.05) is 13.2 Å². The number of aliphatic hydroxyl groups is 1. The van der Waals surface area contributed by atoms with E-state index in [1.807, 2.05) is 0 Å². The molecule has 4 heteroatoms. The minimum absolute atomic E-state index is 0.257. The van der Waals surface area contributed by atoms with Crippen LogP contribution in [0.15, 0.2) is 12.2 Å². The fourth-order valence-electron chi connectivity index (χ4n) is 0.782. The first kappa shape index (κ1) is 7.24. The lowest BCUT2D eigenvalue weighted by molar-refractivity contribution is -0.160. The Kier molecular flexibility index (Phi) is 1.74. The first-order chi connectivity index (χ1) is 4.71. The average Bonchev–Trinajstić information content (AvgIpc) is 2.35. The SMILES string of the molecule is O=C(O)C1(CO)C=CCO1. The maximum Gasteiger partial charge on any atom is 0.342 e. The van der Waals surface area contributed by atoms with Gasteiger partial charge >= 0.3 is 5.97 Å². The highest BCUT2D eigenvalue weighted by Crippen LogP contribution is 2.17. The van der Waals surface area contributed by atoms with Gasteiger partial charge in [0.15, 0.2) is 0 Å². The lowest BCUT2D eigenvalue weighted by Crippen LogP contribution is -2.40. The normalized spacial score (nSPS) is 30.9. The van der Waals surface area contributed by atoms with Crippen molar-refractivity contribution in [3.63, 3.8) is 0 Å². The minimum atomic E-state index is -1.47. The zero-order valence-electron chi connectivity index (χ0n) is 5.28. The van der Waals surface area contributed by atoms with Gasteiger partial charge in [-0.25, -0.2) is 4.79 Å². The number of carboxylic acid groups (broad SMARTS) is 1. The standard InChI is InChI=1S/C6H8O4/c7-4-6(5(8)9)2-1-3-10-6/h1-2,7H,3-4H2,(H,8,9). The topological polar surface area (TPSA) is 66.8 Å². The van der Waals surface area contributed by atoms with Crippen LogP contribution in [0.5, 0.6) is 0 Å². The van der Waals surface area contributed by atoms with Crippen LogP contribution in [0.3, 0.4) is 0 Å². The Morgan fingerprint density at radius 3 is 2.70 bits per heavy atom. The Morgan fingerprint density at radius 2 is 2.50 bits per heavy atom. The third-order valence-electron chi connectivity index (χ3n) is 1.42. The summed E-state index contributed by atoms with van der Waals surface area (Å²) in [4.78, 5) is 10.4. The molecule has 1 aliphatic rings. The van der Waals surface area contributed by atoms with E-state index in [4.69, 9.17) is 14.9 Å². The van der Waals surface area contributed by atoms with Crippen molar-refractivity contribution in [1.29, 1.82) is 0 Å². The summed E-state index contributed by atoms with van der Waals surface area (Å²) in [5.74, 6) is -1.15. The average molecular weight is 144 g/mol. The van der Waals surface area contributed by atoms with E-state index < -0.39 is 18.2 Å². The number of aliphatic carboxylic acids is 1. The molecular weight excluding hydrogens is 136 g/mol. The summed E-state index contributed by atoms with van der Waals surface area (Å²) >= 11 is 0. The predicted molar refractivity (Wildman–Crippen MR) is 32.5 cm³/mol. The molecule has 0 aliphatic carbocycles. The zero-order chi connectivity index (χ0) is 7.61. The molecule has 4 nitrogen and oxygen atoms in total. The highest BCUT2D eigenvalue weighted by atomic mass is 16.5. The Hall–Kier alpha value is -0.870. The second-order valence-electron chi connectivity index (χ2n) is 2.07. The molecule has 0 aromatic carbocycles. The molecule has 1 aliphatic heterocycles. The van der Waals surface area contributed by atoms with Gasteiger partial charge in [0, 0.05) is 0 Å². The van der Waals surface area contributed by atoms with E-state index in [2.05, 4.69) is 0 Å². The first-order valence-electron chi connectivity index (χ1n) is 2.87. The van der Waals surface area contributed by atoms with Crippen molar-refractivity contribution < 1.29 is 19.7 Å². The summed E-state index contributed by atoms with van der Waals surface area (Å²) in [5.41, 5.74) is -1.47. The molecule has 1 heterocycles. The quantitative estimate of drug-likeness (QED) is 0.507. The molecule has 1 atom stereocenters. The largest absolute Gasteiger partial charge is 0.479 e. The molecule has 0 saturated carbocycles. The number of carbonyl (C=O) groups is 1. The first-order valence-corrected chi connectivity index (χ1v) is 2.87. The summed E-state index contributed by atoms with van der Waals surface area (Å²) < 4.78 is 4.79. The third-order valence-corrected chi connectivity index (χ3v) is 1.42. The van der Waals surface area contributed by atoms with E-state index in [0.717, 1.165) is 0 Å². The number of carboxylic acids is 1. The molecular formula is C6H8O4. The van der Waals surface area contributed by atoms with E-state index in [0.29, 0.717) is 0 Å². The van der Waals surface area contributed by atoms with E-state index in [1.54, 1.807) is 6.08 Å². The Bertz CT molecular complexity index is 175. The van der Waals surface area contributed by atoms with Crippen LogP contribution in [0.25, 0.3) is 0 Å². The molecule has 1 rings (SSSR count). The summed E-state index contributed by atoms with van der Waals surface area (Å²) in [7, 11) is 0. The fourth-order valence-corrected chi connectivity index (χ4v) is 0.782. The molecule has 1 unspecified atom stereocenters. The van der Waals surface area contributed by atoms with Gasteiger partial charge in [0.05, 0.1) is 13.2 Å². The zero-order valence-corrected chi connectivity index (χ0v) is 5.28. The highest BCUT2D eigenvalue weighted by Gasteiger charge is 2.38. The van der Waals surface area contributed by atoms with Gasteiger partial charge in [-0.1, -0.05) is 6.08 Å². The molecule has 0 amide bonds. The molecule has 10 heavy (non-hydrogen) atoms. The van der Waals surface area contributed by atoms with Crippen molar-refractivity contribution in [2.24, 2.45) is 0 Å². The molecule has 0 radical (unpaired) electrons. The maximum absolute atomic E-state index is 10.4. The number of hydrogen-bond acceptors (Lipinski definition) is 3. The van der Waals surface area contributed by atoms with E-state index in [-0.39, 0.29) is 6.61 Å². The van der Waals surface area contributed by atoms with Crippen LogP contribution in [0.4, 0.5) is 0 Å². The summed E-state index contributed by atoms with van der Waals surface area (Å²) in [6.45, 7) is -0.258. The van der Waals surface area contributed by atoms with Gasteiger partial charge in [0.2, 0.25) is 5.60 Å². The van der Waals surface area contributed by atoms with Gasteiger partial charge in [0.25, 0.3) is 0 Å². The van der Waals surface area contributed by atoms with E-state index in [1.165, 1.54) is 6.08 Å². The number of hydrogen-bond donors (Lipinski definition) is 2. The summed E-state index contributed by atoms with van der Waals surface area (Å²) in [6.07, 6.45) is 2.93. The maximum atomic E-state index is 10.4. The number of ether oxygens (including phenoxy) is 1. The Morgan fingerprint density at radius 1 is 1.80 bits per heavy atom. The molecule has 0 bridgehead atoms. The van der Waals surface area contributed by atoms with Crippen molar-refractivity contribution in [1.82, 2.24) is 0 Å². The van der Waals surface area contributed by atoms with Crippen LogP contribution in [0, 0.1) is 0 Å². The summed E-state index contributed by atoms with van der Waals surface area (Å²) in [6, 6.07) is 0. The smallest absolute Gasteiger partial charge is 0.342 e. The van der Waals surface area contributed by atoms with E-state index in [9.17, 15) is 4.79 Å². The molecule has 0 aromatic rings. The predicted octanol–water partition coefficient (Wildman–Crippen LogP) is -0.611. The lowest BCUT2D eigenvalue weighted by atomic mass is 10.1. The van der Waals surface area contributed by atoms with Crippen molar-refractivity contribution in [3.05, 3.63) is 12.2 Å². The van der Waals surface area contributed by atoms with Gasteiger partial charge in [-0.3, -0.25) is 0 Å². The highest BCUT2D eigenvalue weighted by molar-refractivity contribution is 5.80. The molecule has 56 valence electrons. The van der Waals surface area contributed by atoms with Crippen LogP contribution in [-0.2, 0) is 9.53 Å². The van der Waals surface area contributed by atoms with Crippen LogP contribution >= 0.6 is 0 Å². The minimum Gasteiger partial charge on any atom is -0.479 e. The Labute approximate surface area is 57.7 Å². The van der Waals surface area contributed by atoms with E-state index >= 15 is 0 Å². The van der Waals surface area contributed by atoms with Crippen LogP contribution in [-0.4, -0.2) is 35.0 Å². The fraction of sp³-hybridized carbons (Fsp3) is 0.500. The lowest BCUT2D eigenvalue weighted by Gasteiger charge is -2.17. The van der Waals surface area contributed by atoms with Gasteiger partial charge < -0.3 is 14.9 Å².